The molecule has 2 aromatic heterocycles. The van der Waals surface area contributed by atoms with Gasteiger partial charge in [0.2, 0.25) is 0 Å². The standard InChI is InChI=1S/C52H37N2.Ir/c1-2-15-42(41(14-1)37-12-11-13-39(32-37)49-18-7-10-31-53-49)38-24-28-44-43-27-23-36(33-47(43)52(48(44)34-38)29-8-9-30-52)35-21-25-40(26-22-35)54-50-19-5-3-16-45(50)46-17-4-6-20-51(46)54;/h1-7,10-12,14-28,31-34H,8-9,29-30H2;/q-1;. The van der Waals surface area contributed by atoms with E-state index in [0.717, 1.165) is 11.3 Å². The molecular formula is C52H37IrN2-. The van der Waals surface area contributed by atoms with E-state index in [1.807, 2.05) is 30.5 Å². The minimum atomic E-state index is 0. The van der Waals surface area contributed by atoms with E-state index in [2.05, 4.69) is 161 Å². The van der Waals surface area contributed by atoms with E-state index in [-0.39, 0.29) is 25.5 Å². The summed E-state index contributed by atoms with van der Waals surface area (Å²) in [4.78, 5) is 4.59. The Balaban J connectivity index is 0.00000372. The van der Waals surface area contributed by atoms with E-state index < -0.39 is 0 Å². The largest absolute Gasteiger partial charge is 0.309 e. The first kappa shape index (κ1) is 33.7. The summed E-state index contributed by atoms with van der Waals surface area (Å²) in [7, 11) is 0. The predicted molar refractivity (Wildman–Crippen MR) is 224 cm³/mol. The molecule has 0 atom stereocenters. The third kappa shape index (κ3) is 5.37. The molecule has 1 fully saturated rings. The Morgan fingerprint density at radius 3 is 1.71 bits per heavy atom. The average Bonchev–Trinajstić information content (AvgIpc) is 3.95. The number of hydrogen-bond donors (Lipinski definition) is 0. The van der Waals surface area contributed by atoms with Crippen molar-refractivity contribution in [1.29, 1.82) is 0 Å². The Hall–Kier alpha value is -5.86. The minimum absolute atomic E-state index is 0. The van der Waals surface area contributed by atoms with Crippen LogP contribution in [0.25, 0.3) is 83.3 Å². The zero-order chi connectivity index (χ0) is 35.6. The average molecular weight is 882 g/mol. The van der Waals surface area contributed by atoms with Gasteiger partial charge in [0.1, 0.15) is 0 Å². The van der Waals surface area contributed by atoms with E-state index >= 15 is 0 Å². The van der Waals surface area contributed by atoms with Crippen LogP contribution >= 0.6 is 0 Å². The zero-order valence-corrected chi connectivity index (χ0v) is 32.7. The molecule has 2 aliphatic carbocycles. The predicted octanol–water partition coefficient (Wildman–Crippen LogP) is 13.5. The van der Waals surface area contributed by atoms with Crippen molar-refractivity contribution in [3.8, 4) is 61.5 Å². The molecule has 265 valence electrons. The molecule has 0 unspecified atom stereocenters. The number of rotatable bonds is 5. The molecule has 7 aromatic carbocycles. The second-order valence-corrected chi connectivity index (χ2v) is 15.0. The topological polar surface area (TPSA) is 17.8 Å². The monoisotopic (exact) mass is 882 g/mol. The Bertz CT molecular complexity index is 2830. The van der Waals surface area contributed by atoms with E-state index in [9.17, 15) is 0 Å². The van der Waals surface area contributed by atoms with Crippen molar-refractivity contribution >= 4 is 21.8 Å². The van der Waals surface area contributed by atoms with Crippen LogP contribution in [-0.4, -0.2) is 9.55 Å². The quantitative estimate of drug-likeness (QED) is 0.158. The molecule has 11 rings (SSSR count). The van der Waals surface area contributed by atoms with Gasteiger partial charge in [0, 0.05) is 48.2 Å². The molecule has 1 saturated carbocycles. The van der Waals surface area contributed by atoms with Crippen molar-refractivity contribution in [1.82, 2.24) is 9.55 Å². The maximum absolute atomic E-state index is 4.59. The minimum Gasteiger partial charge on any atom is -0.309 e. The molecule has 3 heteroatoms. The number of hydrogen-bond acceptors (Lipinski definition) is 1. The number of para-hydroxylation sites is 2. The Morgan fingerprint density at radius 1 is 0.491 bits per heavy atom. The van der Waals surface area contributed by atoms with E-state index in [0.29, 0.717) is 0 Å². The van der Waals surface area contributed by atoms with Crippen LogP contribution in [0.5, 0.6) is 0 Å². The summed E-state index contributed by atoms with van der Waals surface area (Å²) in [5, 5.41) is 2.58. The molecular weight excluding hydrogens is 845 g/mol. The van der Waals surface area contributed by atoms with Crippen LogP contribution in [0.4, 0.5) is 0 Å². The summed E-state index contributed by atoms with van der Waals surface area (Å²) < 4.78 is 2.40. The van der Waals surface area contributed by atoms with Gasteiger partial charge in [0.25, 0.3) is 0 Å². The van der Waals surface area contributed by atoms with Crippen LogP contribution in [0.3, 0.4) is 0 Å². The van der Waals surface area contributed by atoms with Gasteiger partial charge in [-0.05, 0) is 111 Å². The molecule has 0 N–H and O–H groups in total. The van der Waals surface area contributed by atoms with Crippen LogP contribution < -0.4 is 0 Å². The van der Waals surface area contributed by atoms with Gasteiger partial charge in [-0.15, -0.1) is 35.4 Å². The van der Waals surface area contributed by atoms with Gasteiger partial charge < -0.3 is 9.55 Å². The van der Waals surface area contributed by atoms with Crippen molar-refractivity contribution in [2.45, 2.75) is 31.1 Å². The van der Waals surface area contributed by atoms with Crippen molar-refractivity contribution in [3.63, 3.8) is 0 Å². The maximum atomic E-state index is 4.59. The van der Waals surface area contributed by atoms with Gasteiger partial charge >= 0.3 is 0 Å². The van der Waals surface area contributed by atoms with Crippen LogP contribution in [0.1, 0.15) is 36.8 Å². The SMILES string of the molecule is [Ir].[c-]1ccc(-c2ccccc2-c2ccc3c(c2)C2(CCCC2)c2cc(-c4ccc(-n5c6ccccc6c6ccccc65)cc4)ccc2-3)cc1-c1ccccn1. The number of benzene rings is 7. The summed E-state index contributed by atoms with van der Waals surface area (Å²) in [5.41, 5.74) is 18.9. The summed E-state index contributed by atoms with van der Waals surface area (Å²) in [6.45, 7) is 0. The van der Waals surface area contributed by atoms with Gasteiger partial charge in [0.05, 0.1) is 11.0 Å². The summed E-state index contributed by atoms with van der Waals surface area (Å²) in [6.07, 6.45) is 6.74. The second kappa shape index (κ2) is 13.5. The first-order chi connectivity index (χ1) is 26.7. The van der Waals surface area contributed by atoms with E-state index in [1.54, 1.807) is 0 Å². The maximum Gasteiger partial charge on any atom is 0.0541 e. The summed E-state index contributed by atoms with van der Waals surface area (Å²) in [5.74, 6) is 0. The molecule has 1 radical (unpaired) electrons. The normalized spacial score (nSPS) is 13.9. The van der Waals surface area contributed by atoms with Crippen molar-refractivity contribution in [3.05, 3.63) is 193 Å². The molecule has 1 spiro atoms. The number of fused-ring (bicyclic) bond motifs is 8. The third-order valence-corrected chi connectivity index (χ3v) is 12.1. The molecule has 0 saturated heterocycles. The van der Waals surface area contributed by atoms with Gasteiger partial charge in [0.15, 0.2) is 0 Å². The molecule has 55 heavy (non-hydrogen) atoms. The van der Waals surface area contributed by atoms with Crippen molar-refractivity contribution in [2.75, 3.05) is 0 Å². The van der Waals surface area contributed by atoms with Crippen LogP contribution in [0.2, 0.25) is 0 Å². The Kier molecular flexibility index (Phi) is 8.25. The fraction of sp³-hybridized carbons (Fsp3) is 0.0962. The first-order valence-corrected chi connectivity index (χ1v) is 19.2. The number of nitrogens with zero attached hydrogens (tertiary/aromatic N) is 2. The Labute approximate surface area is 335 Å². The fourth-order valence-electron chi connectivity index (χ4n) is 9.65. The molecule has 2 heterocycles. The Morgan fingerprint density at radius 2 is 1.05 bits per heavy atom. The molecule has 0 amide bonds. The second-order valence-electron chi connectivity index (χ2n) is 15.0. The van der Waals surface area contributed by atoms with E-state index in [4.69, 9.17) is 0 Å². The molecule has 0 bridgehead atoms. The van der Waals surface area contributed by atoms with Gasteiger partial charge in [-0.2, -0.15) is 0 Å². The van der Waals surface area contributed by atoms with Crippen LogP contribution in [0.15, 0.2) is 176 Å². The molecule has 2 nitrogen and oxygen atoms in total. The smallest absolute Gasteiger partial charge is 0.0541 e. The summed E-state index contributed by atoms with van der Waals surface area (Å²) >= 11 is 0. The van der Waals surface area contributed by atoms with Gasteiger partial charge in [-0.3, -0.25) is 0 Å². The molecule has 9 aromatic rings. The first-order valence-electron chi connectivity index (χ1n) is 19.2. The van der Waals surface area contributed by atoms with Gasteiger partial charge in [-0.1, -0.05) is 122 Å². The van der Waals surface area contributed by atoms with E-state index in [1.165, 1.54) is 109 Å². The molecule has 2 aliphatic rings. The van der Waals surface area contributed by atoms with Gasteiger partial charge in [-0.25, -0.2) is 0 Å². The van der Waals surface area contributed by atoms with Crippen molar-refractivity contribution in [2.24, 2.45) is 0 Å². The van der Waals surface area contributed by atoms with Crippen molar-refractivity contribution < 1.29 is 20.1 Å². The summed E-state index contributed by atoms with van der Waals surface area (Å²) in [6, 6.07) is 65.8. The third-order valence-electron chi connectivity index (χ3n) is 12.1. The zero-order valence-electron chi connectivity index (χ0n) is 30.3. The van der Waals surface area contributed by atoms with Crippen LogP contribution in [-0.2, 0) is 25.5 Å². The fourth-order valence-corrected chi connectivity index (χ4v) is 9.65. The van der Waals surface area contributed by atoms with Crippen LogP contribution in [0, 0.1) is 6.07 Å². The number of pyridine rings is 1. The number of aromatic nitrogens is 2. The molecule has 0 aliphatic heterocycles.